The van der Waals surface area contributed by atoms with E-state index in [-0.39, 0.29) is 16.9 Å². The van der Waals surface area contributed by atoms with Crippen LogP contribution in [0.15, 0.2) is 36.7 Å². The molecule has 5 rings (SSSR count). The Bertz CT molecular complexity index is 1270. The topological polar surface area (TPSA) is 116 Å². The SMILES string of the molecule is COCC1(n2c(NSC(C)C(OC)c3ncc(Cl)cn3)nnc2-c2n[nH]c3ccccc23)CC1. The van der Waals surface area contributed by atoms with E-state index < -0.39 is 0 Å². The number of para-hydroxylation sites is 1. The predicted octanol–water partition coefficient (Wildman–Crippen LogP) is 4.24. The number of fused-ring (bicyclic) bond motifs is 1. The number of methoxy groups -OCH3 is 2. The van der Waals surface area contributed by atoms with Crippen LogP contribution >= 0.6 is 23.5 Å². The lowest BCUT2D eigenvalue weighted by atomic mass is 10.2. The van der Waals surface area contributed by atoms with Gasteiger partial charge in [0.1, 0.15) is 11.8 Å². The molecule has 34 heavy (non-hydrogen) atoms. The van der Waals surface area contributed by atoms with E-state index in [0.717, 1.165) is 29.4 Å². The molecule has 0 bridgehead atoms. The number of anilines is 1. The van der Waals surface area contributed by atoms with Gasteiger partial charge in [-0.1, -0.05) is 29.8 Å². The molecule has 0 radical (unpaired) electrons. The number of H-pyrrole nitrogens is 1. The van der Waals surface area contributed by atoms with Gasteiger partial charge >= 0.3 is 0 Å². The Labute approximate surface area is 206 Å². The standard InChI is InChI=1S/C22H25ClN8O2S/c1-13(18(33-3)19-24-10-14(23)11-25-19)34-30-21-29-28-20(31(21)22(8-9-22)12-32-2)17-15-6-4-5-7-16(15)26-27-17/h4-7,10-11,13,18H,8-9,12H2,1-3H3,(H,26,27)(H,29,30). The van der Waals surface area contributed by atoms with Crippen molar-refractivity contribution in [3.63, 3.8) is 0 Å². The molecule has 178 valence electrons. The molecular formula is C22H25ClN8O2S. The molecule has 1 aliphatic carbocycles. The molecule has 2 N–H and O–H groups in total. The van der Waals surface area contributed by atoms with Crippen molar-refractivity contribution in [3.05, 3.63) is 47.5 Å². The summed E-state index contributed by atoms with van der Waals surface area (Å²) in [5.41, 5.74) is 1.51. The molecule has 12 heteroatoms. The monoisotopic (exact) mass is 500 g/mol. The van der Waals surface area contributed by atoms with Crippen molar-refractivity contribution in [3.8, 4) is 11.5 Å². The first-order chi connectivity index (χ1) is 16.6. The first kappa shape index (κ1) is 23.0. The van der Waals surface area contributed by atoms with Gasteiger partial charge in [-0.05, 0) is 37.8 Å². The Morgan fingerprint density at radius 3 is 2.68 bits per heavy atom. The zero-order valence-corrected chi connectivity index (χ0v) is 20.6. The fourth-order valence-electron chi connectivity index (χ4n) is 4.12. The van der Waals surface area contributed by atoms with Crippen molar-refractivity contribution in [1.29, 1.82) is 0 Å². The van der Waals surface area contributed by atoms with Crippen LogP contribution in [0.3, 0.4) is 0 Å². The molecule has 2 unspecified atom stereocenters. The first-order valence-electron chi connectivity index (χ1n) is 10.9. The third kappa shape index (κ3) is 4.24. The van der Waals surface area contributed by atoms with Crippen LogP contribution in [0.4, 0.5) is 5.95 Å². The highest BCUT2D eigenvalue weighted by molar-refractivity contribution is 8.01. The number of benzene rings is 1. The number of aromatic nitrogens is 7. The molecule has 2 atom stereocenters. The number of ether oxygens (including phenoxy) is 2. The van der Waals surface area contributed by atoms with E-state index in [4.69, 9.17) is 21.1 Å². The van der Waals surface area contributed by atoms with Crippen LogP contribution < -0.4 is 4.72 Å². The first-order valence-corrected chi connectivity index (χ1v) is 12.1. The van der Waals surface area contributed by atoms with Gasteiger partial charge in [0, 0.05) is 32.0 Å². The minimum Gasteiger partial charge on any atom is -0.382 e. The molecule has 3 aromatic heterocycles. The van der Waals surface area contributed by atoms with Crippen molar-refractivity contribution in [2.24, 2.45) is 0 Å². The van der Waals surface area contributed by atoms with E-state index in [1.165, 1.54) is 11.9 Å². The van der Waals surface area contributed by atoms with Gasteiger partial charge in [0.2, 0.25) is 5.95 Å². The van der Waals surface area contributed by atoms with Crippen LogP contribution in [0.25, 0.3) is 22.4 Å². The normalized spacial score (nSPS) is 16.5. The summed E-state index contributed by atoms with van der Waals surface area (Å²) in [6.45, 7) is 2.60. The maximum Gasteiger partial charge on any atom is 0.235 e. The average Bonchev–Trinajstić information content (AvgIpc) is 3.30. The lowest BCUT2D eigenvalue weighted by Crippen LogP contribution is -2.26. The number of nitrogens with zero attached hydrogens (tertiary/aromatic N) is 6. The second-order valence-corrected chi connectivity index (χ2v) is 9.92. The van der Waals surface area contributed by atoms with E-state index >= 15 is 0 Å². The van der Waals surface area contributed by atoms with Gasteiger partial charge < -0.3 is 9.47 Å². The summed E-state index contributed by atoms with van der Waals surface area (Å²) < 4.78 is 16.8. The number of halogens is 1. The van der Waals surface area contributed by atoms with Gasteiger partial charge in [-0.2, -0.15) is 5.10 Å². The van der Waals surface area contributed by atoms with E-state index in [1.54, 1.807) is 26.6 Å². The summed E-state index contributed by atoms with van der Waals surface area (Å²) in [7, 11) is 3.36. The summed E-state index contributed by atoms with van der Waals surface area (Å²) in [6, 6.07) is 7.99. The van der Waals surface area contributed by atoms with Crippen molar-refractivity contribution in [1.82, 2.24) is 34.9 Å². The molecule has 0 aliphatic heterocycles. The second-order valence-electron chi connectivity index (χ2n) is 8.30. The largest absolute Gasteiger partial charge is 0.382 e. The Morgan fingerprint density at radius 2 is 1.97 bits per heavy atom. The van der Waals surface area contributed by atoms with E-state index in [9.17, 15) is 0 Å². The summed E-state index contributed by atoms with van der Waals surface area (Å²) in [4.78, 5) is 8.63. The molecule has 0 amide bonds. The minimum atomic E-state index is -0.338. The van der Waals surface area contributed by atoms with Gasteiger partial charge in [0.15, 0.2) is 11.6 Å². The Hall–Kier alpha value is -2.73. The molecular weight excluding hydrogens is 476 g/mol. The fraction of sp³-hybridized carbons (Fsp3) is 0.409. The van der Waals surface area contributed by atoms with E-state index in [0.29, 0.717) is 29.2 Å². The average molecular weight is 501 g/mol. The van der Waals surface area contributed by atoms with Gasteiger partial charge in [-0.15, -0.1) is 10.2 Å². The molecule has 1 aliphatic rings. The third-order valence-electron chi connectivity index (χ3n) is 5.97. The number of aromatic amines is 1. The van der Waals surface area contributed by atoms with Crippen LogP contribution in [0.2, 0.25) is 5.02 Å². The van der Waals surface area contributed by atoms with Crippen LogP contribution in [0, 0.1) is 0 Å². The zero-order valence-electron chi connectivity index (χ0n) is 19.0. The molecule has 4 aromatic rings. The fourth-order valence-corrected chi connectivity index (χ4v) is 4.99. The molecule has 0 spiro atoms. The van der Waals surface area contributed by atoms with Crippen LogP contribution in [0.5, 0.6) is 0 Å². The Kier molecular flexibility index (Phi) is 6.43. The highest BCUT2D eigenvalue weighted by Gasteiger charge is 2.48. The molecule has 1 aromatic carbocycles. The van der Waals surface area contributed by atoms with Crippen LogP contribution in [0.1, 0.15) is 31.7 Å². The minimum absolute atomic E-state index is 0.0384. The Morgan fingerprint density at radius 1 is 1.21 bits per heavy atom. The van der Waals surface area contributed by atoms with Gasteiger partial charge in [-0.3, -0.25) is 14.4 Å². The van der Waals surface area contributed by atoms with Crippen molar-refractivity contribution < 1.29 is 9.47 Å². The zero-order chi connectivity index (χ0) is 23.7. The smallest absolute Gasteiger partial charge is 0.235 e. The molecule has 1 fully saturated rings. The summed E-state index contributed by atoms with van der Waals surface area (Å²) in [6.07, 6.45) is 4.75. The van der Waals surface area contributed by atoms with Gasteiger partial charge in [0.25, 0.3) is 0 Å². The lowest BCUT2D eigenvalue weighted by molar-refractivity contribution is 0.0972. The molecule has 0 saturated heterocycles. The van der Waals surface area contributed by atoms with Crippen LogP contribution in [-0.2, 0) is 15.0 Å². The summed E-state index contributed by atoms with van der Waals surface area (Å²) in [5, 5.41) is 18.1. The number of hydrogen-bond donors (Lipinski definition) is 2. The second kappa shape index (κ2) is 9.49. The highest BCUT2D eigenvalue weighted by Crippen LogP contribution is 2.48. The van der Waals surface area contributed by atoms with E-state index in [2.05, 4.69) is 39.7 Å². The van der Waals surface area contributed by atoms with Gasteiger partial charge in [-0.25, -0.2) is 9.97 Å². The molecule has 3 heterocycles. The van der Waals surface area contributed by atoms with Crippen molar-refractivity contribution in [2.45, 2.75) is 36.7 Å². The lowest BCUT2D eigenvalue weighted by Gasteiger charge is -2.23. The maximum atomic E-state index is 5.93. The predicted molar refractivity (Wildman–Crippen MR) is 132 cm³/mol. The quantitative estimate of drug-likeness (QED) is 0.308. The Balaban J connectivity index is 1.44. The van der Waals surface area contributed by atoms with E-state index in [1.807, 2.05) is 31.2 Å². The van der Waals surface area contributed by atoms with Gasteiger partial charge in [0.05, 0.1) is 27.9 Å². The number of hydrogen-bond acceptors (Lipinski definition) is 9. The summed E-state index contributed by atoms with van der Waals surface area (Å²) in [5.74, 6) is 1.91. The molecule has 1 saturated carbocycles. The van der Waals surface area contributed by atoms with Crippen molar-refractivity contribution >= 4 is 40.4 Å². The summed E-state index contributed by atoms with van der Waals surface area (Å²) >= 11 is 7.41. The highest BCUT2D eigenvalue weighted by atomic mass is 35.5. The third-order valence-corrected chi connectivity index (χ3v) is 7.09. The maximum absolute atomic E-state index is 5.93. The van der Waals surface area contributed by atoms with Crippen LogP contribution in [-0.4, -0.2) is 61.0 Å². The number of rotatable bonds is 10. The number of nitrogens with one attached hydrogen (secondary N) is 2. The van der Waals surface area contributed by atoms with Crippen molar-refractivity contribution in [2.75, 3.05) is 25.5 Å². The molecule has 10 nitrogen and oxygen atoms in total.